The predicted molar refractivity (Wildman–Crippen MR) is 131 cm³/mol. The van der Waals surface area contributed by atoms with Crippen LogP contribution in [0.15, 0.2) is 65.7 Å². The number of hydrogen-bond donors (Lipinski definition) is 0. The molecule has 4 heterocycles. The van der Waals surface area contributed by atoms with Crippen LogP contribution in [-0.4, -0.2) is 32.4 Å². The van der Waals surface area contributed by atoms with Crippen LogP contribution < -0.4 is 15.0 Å². The average molecular weight is 473 g/mol. The Morgan fingerprint density at radius 2 is 1.91 bits per heavy atom. The number of rotatable bonds is 3. The van der Waals surface area contributed by atoms with Gasteiger partial charge in [0.15, 0.2) is 17.1 Å². The molecule has 0 saturated carbocycles. The minimum absolute atomic E-state index is 0.128. The number of fused-ring (bicyclic) bond motifs is 4. The van der Waals surface area contributed by atoms with Crippen molar-refractivity contribution in [3.05, 3.63) is 87.6 Å². The van der Waals surface area contributed by atoms with Crippen molar-refractivity contribution in [3.8, 4) is 22.6 Å². The second-order valence-electron chi connectivity index (χ2n) is 8.34. The second-order valence-corrected chi connectivity index (χ2v) is 8.78. The van der Waals surface area contributed by atoms with Gasteiger partial charge in [-0.2, -0.15) is 5.10 Å². The highest BCUT2D eigenvalue weighted by atomic mass is 35.5. The monoisotopic (exact) mass is 472 g/mol. The highest BCUT2D eigenvalue weighted by Crippen LogP contribution is 2.31. The molecule has 1 aliphatic rings. The molecule has 0 radical (unpaired) electrons. The summed E-state index contributed by atoms with van der Waals surface area (Å²) in [4.78, 5) is 18.0. The number of aryl methyl sites for hydroxylation is 1. The summed E-state index contributed by atoms with van der Waals surface area (Å²) in [5.74, 6) is 1.45. The summed E-state index contributed by atoms with van der Waals surface area (Å²) >= 11 is 6.21. The molecule has 170 valence electrons. The standard InChI is InChI=1S/C26H21ClN4O3/c1-16-24(18-4-2-5-19(27)13-18)25-28-14-20-21(31(25)29-16)8-9-30(26(20)32)15-17-6-7-22-23(12-17)34-11-3-10-33-22/h2,4-9,12-14H,3,10-11,15H2,1H3. The third-order valence-electron chi connectivity index (χ3n) is 6.04. The molecular weight excluding hydrogens is 452 g/mol. The summed E-state index contributed by atoms with van der Waals surface area (Å²) < 4.78 is 14.9. The van der Waals surface area contributed by atoms with Crippen LogP contribution in [-0.2, 0) is 6.54 Å². The lowest BCUT2D eigenvalue weighted by Crippen LogP contribution is -2.21. The molecular formula is C26H21ClN4O3. The quantitative estimate of drug-likeness (QED) is 0.374. The van der Waals surface area contributed by atoms with Crippen molar-refractivity contribution in [2.45, 2.75) is 19.9 Å². The van der Waals surface area contributed by atoms with Crippen molar-refractivity contribution < 1.29 is 9.47 Å². The first-order chi connectivity index (χ1) is 16.6. The van der Waals surface area contributed by atoms with E-state index in [0.717, 1.165) is 34.6 Å². The first kappa shape index (κ1) is 20.7. The van der Waals surface area contributed by atoms with Gasteiger partial charge in [0.2, 0.25) is 0 Å². The van der Waals surface area contributed by atoms with Crippen molar-refractivity contribution in [2.75, 3.05) is 13.2 Å². The van der Waals surface area contributed by atoms with Gasteiger partial charge in [0.25, 0.3) is 5.56 Å². The van der Waals surface area contributed by atoms with Gasteiger partial charge in [-0.15, -0.1) is 0 Å². The van der Waals surface area contributed by atoms with Gasteiger partial charge >= 0.3 is 0 Å². The number of hydrogen-bond acceptors (Lipinski definition) is 5. The fourth-order valence-corrected chi connectivity index (χ4v) is 4.62. The van der Waals surface area contributed by atoms with E-state index in [1.54, 1.807) is 21.5 Å². The fourth-order valence-electron chi connectivity index (χ4n) is 4.43. The molecule has 0 aliphatic carbocycles. The van der Waals surface area contributed by atoms with E-state index in [4.69, 9.17) is 26.2 Å². The Kier molecular flexibility index (Phi) is 4.99. The first-order valence-electron chi connectivity index (χ1n) is 11.1. The van der Waals surface area contributed by atoms with Crippen LogP contribution in [0.2, 0.25) is 5.02 Å². The Labute approximate surface area is 200 Å². The number of nitrogens with zero attached hydrogens (tertiary/aromatic N) is 4. The van der Waals surface area contributed by atoms with Gasteiger partial charge in [-0.25, -0.2) is 9.50 Å². The summed E-state index contributed by atoms with van der Waals surface area (Å²) in [6, 6.07) is 15.3. The normalized spacial score (nSPS) is 13.4. The molecule has 0 N–H and O–H groups in total. The van der Waals surface area contributed by atoms with Crippen LogP contribution in [0.4, 0.5) is 0 Å². The zero-order valence-corrected chi connectivity index (χ0v) is 19.2. The van der Waals surface area contributed by atoms with Crippen LogP contribution >= 0.6 is 11.6 Å². The Hall–Kier alpha value is -3.84. The number of ether oxygens (including phenoxy) is 2. The molecule has 0 saturated heterocycles. The molecule has 1 aliphatic heterocycles. The molecule has 8 heteroatoms. The zero-order chi connectivity index (χ0) is 23.2. The Morgan fingerprint density at radius 3 is 2.76 bits per heavy atom. The number of pyridine rings is 1. The van der Waals surface area contributed by atoms with Gasteiger partial charge in [-0.05, 0) is 48.4 Å². The van der Waals surface area contributed by atoms with E-state index in [9.17, 15) is 4.79 Å². The molecule has 0 atom stereocenters. The molecule has 5 aromatic rings. The number of benzene rings is 2. The minimum atomic E-state index is -0.128. The molecule has 0 unspecified atom stereocenters. The van der Waals surface area contributed by atoms with Crippen molar-refractivity contribution in [1.29, 1.82) is 0 Å². The molecule has 0 fully saturated rings. The largest absolute Gasteiger partial charge is 0.490 e. The summed E-state index contributed by atoms with van der Waals surface area (Å²) in [5.41, 5.74) is 4.89. The first-order valence-corrected chi connectivity index (χ1v) is 11.5. The van der Waals surface area contributed by atoms with Crippen molar-refractivity contribution in [3.63, 3.8) is 0 Å². The Balaban J connectivity index is 1.42. The Morgan fingerprint density at radius 1 is 1.06 bits per heavy atom. The van der Waals surface area contributed by atoms with Crippen LogP contribution in [0.3, 0.4) is 0 Å². The predicted octanol–water partition coefficient (Wildman–Crippen LogP) is 4.88. The summed E-state index contributed by atoms with van der Waals surface area (Å²) in [6.45, 7) is 3.61. The number of aromatic nitrogens is 4. The van der Waals surface area contributed by atoms with E-state index in [1.165, 1.54) is 0 Å². The van der Waals surface area contributed by atoms with Crippen LogP contribution in [0.25, 0.3) is 27.7 Å². The van der Waals surface area contributed by atoms with E-state index in [1.807, 2.05) is 55.5 Å². The lowest BCUT2D eigenvalue weighted by molar-refractivity contribution is 0.297. The van der Waals surface area contributed by atoms with Crippen LogP contribution in [0, 0.1) is 6.92 Å². The number of halogens is 1. The van der Waals surface area contributed by atoms with Crippen LogP contribution in [0.1, 0.15) is 17.7 Å². The van der Waals surface area contributed by atoms with Gasteiger partial charge in [0, 0.05) is 29.4 Å². The third-order valence-corrected chi connectivity index (χ3v) is 6.27. The highest BCUT2D eigenvalue weighted by Gasteiger charge is 2.17. The van der Waals surface area contributed by atoms with Crippen LogP contribution in [0.5, 0.6) is 11.5 Å². The highest BCUT2D eigenvalue weighted by molar-refractivity contribution is 6.30. The van der Waals surface area contributed by atoms with E-state index in [0.29, 0.717) is 47.1 Å². The molecule has 34 heavy (non-hydrogen) atoms. The van der Waals surface area contributed by atoms with Gasteiger partial charge in [-0.1, -0.05) is 29.8 Å². The Bertz CT molecular complexity index is 1620. The lowest BCUT2D eigenvalue weighted by Gasteiger charge is -2.11. The van der Waals surface area contributed by atoms with E-state index < -0.39 is 0 Å². The minimum Gasteiger partial charge on any atom is -0.490 e. The van der Waals surface area contributed by atoms with E-state index in [2.05, 4.69) is 4.98 Å². The van der Waals surface area contributed by atoms with Gasteiger partial charge in [0.1, 0.15) is 0 Å². The van der Waals surface area contributed by atoms with Gasteiger partial charge < -0.3 is 14.0 Å². The second kappa shape index (κ2) is 8.18. The summed E-state index contributed by atoms with van der Waals surface area (Å²) in [7, 11) is 0. The summed E-state index contributed by atoms with van der Waals surface area (Å²) in [6.07, 6.45) is 4.28. The van der Waals surface area contributed by atoms with E-state index >= 15 is 0 Å². The lowest BCUT2D eigenvalue weighted by atomic mass is 10.1. The molecule has 0 bridgehead atoms. The SMILES string of the molecule is Cc1nn2c(ncc3c(=O)n(Cc4ccc5c(c4)OCCCO5)ccc32)c1-c1cccc(Cl)c1. The summed E-state index contributed by atoms with van der Waals surface area (Å²) in [5, 5.41) is 5.84. The average Bonchev–Trinajstić information content (AvgIpc) is 3.00. The van der Waals surface area contributed by atoms with Crippen molar-refractivity contribution in [1.82, 2.24) is 19.2 Å². The van der Waals surface area contributed by atoms with Crippen molar-refractivity contribution >= 4 is 28.2 Å². The maximum atomic E-state index is 13.3. The topological polar surface area (TPSA) is 70.7 Å². The molecule has 3 aromatic heterocycles. The molecule has 0 amide bonds. The molecule has 7 nitrogen and oxygen atoms in total. The van der Waals surface area contributed by atoms with Gasteiger partial charge in [-0.3, -0.25) is 4.79 Å². The maximum absolute atomic E-state index is 13.3. The third kappa shape index (κ3) is 3.49. The fraction of sp³-hybridized carbons (Fsp3) is 0.192. The molecule has 0 spiro atoms. The smallest absolute Gasteiger partial charge is 0.261 e. The molecule has 2 aromatic carbocycles. The van der Waals surface area contributed by atoms with Crippen molar-refractivity contribution in [2.24, 2.45) is 0 Å². The van der Waals surface area contributed by atoms with Gasteiger partial charge in [0.05, 0.1) is 36.4 Å². The zero-order valence-electron chi connectivity index (χ0n) is 18.5. The maximum Gasteiger partial charge on any atom is 0.261 e. The molecule has 6 rings (SSSR count). The van der Waals surface area contributed by atoms with E-state index in [-0.39, 0.29) is 5.56 Å².